The van der Waals surface area contributed by atoms with E-state index in [1.165, 1.54) is 6.20 Å². The van der Waals surface area contributed by atoms with Gasteiger partial charge in [0.05, 0.1) is 32.1 Å². The minimum atomic E-state index is 0.313. The Morgan fingerprint density at radius 3 is 2.72 bits per heavy atom. The maximum atomic E-state index is 8.71. The molecule has 0 fully saturated rings. The first-order chi connectivity index (χ1) is 12.2. The predicted octanol–water partition coefficient (Wildman–Crippen LogP) is 2.89. The van der Waals surface area contributed by atoms with Crippen LogP contribution in [0, 0.1) is 11.3 Å². The van der Waals surface area contributed by atoms with Crippen LogP contribution in [-0.4, -0.2) is 35.7 Å². The van der Waals surface area contributed by atoms with Crippen molar-refractivity contribution in [2.24, 2.45) is 0 Å². The molecule has 25 heavy (non-hydrogen) atoms. The summed E-state index contributed by atoms with van der Waals surface area (Å²) in [5.74, 6) is 2.23. The molecule has 0 atom stereocenters. The molecular formula is C18H19N5O2. The molecule has 0 aliphatic rings. The number of hydrogen-bond donors (Lipinski definition) is 2. The standard InChI is InChI=1S/C18H19N5O2/c1-24-14-7-16-15(17(8-14)25-2)6-12(23-16)4-3-5-20-18-11-21-13(9-19)10-22-18/h6-8,10-11,23H,3-5H2,1-2H3,(H,20,22). The largest absolute Gasteiger partial charge is 0.497 e. The zero-order chi connectivity index (χ0) is 17.6. The third-order valence-electron chi connectivity index (χ3n) is 3.88. The molecule has 0 radical (unpaired) electrons. The molecule has 2 heterocycles. The van der Waals surface area contributed by atoms with Gasteiger partial charge in [-0.05, 0) is 18.9 Å². The highest BCUT2D eigenvalue weighted by Crippen LogP contribution is 2.31. The van der Waals surface area contributed by atoms with Gasteiger partial charge in [-0.25, -0.2) is 9.97 Å². The maximum Gasteiger partial charge on any atom is 0.158 e. The Morgan fingerprint density at radius 1 is 1.16 bits per heavy atom. The van der Waals surface area contributed by atoms with Gasteiger partial charge in [-0.3, -0.25) is 0 Å². The predicted molar refractivity (Wildman–Crippen MR) is 95.0 cm³/mol. The summed E-state index contributed by atoms with van der Waals surface area (Å²) in [6.07, 6.45) is 4.84. The first kappa shape index (κ1) is 16.6. The second-order valence-electron chi connectivity index (χ2n) is 5.51. The highest BCUT2D eigenvalue weighted by molar-refractivity contribution is 5.88. The number of anilines is 1. The molecule has 2 N–H and O–H groups in total. The molecule has 3 aromatic rings. The van der Waals surface area contributed by atoms with E-state index in [0.29, 0.717) is 11.5 Å². The van der Waals surface area contributed by atoms with E-state index in [1.807, 2.05) is 18.2 Å². The van der Waals surface area contributed by atoms with Crippen molar-refractivity contribution in [3.8, 4) is 17.6 Å². The van der Waals surface area contributed by atoms with Crippen molar-refractivity contribution in [1.29, 1.82) is 5.26 Å². The van der Waals surface area contributed by atoms with Crippen LogP contribution in [0.25, 0.3) is 10.9 Å². The second kappa shape index (κ2) is 7.53. The zero-order valence-corrected chi connectivity index (χ0v) is 14.2. The molecule has 1 aromatic carbocycles. The number of nitriles is 1. The number of aryl methyl sites for hydroxylation is 1. The topological polar surface area (TPSA) is 95.8 Å². The Balaban J connectivity index is 1.60. The monoisotopic (exact) mass is 337 g/mol. The normalized spacial score (nSPS) is 10.4. The van der Waals surface area contributed by atoms with Gasteiger partial charge >= 0.3 is 0 Å². The SMILES string of the molecule is COc1cc(OC)c2cc(CCCNc3cnc(C#N)cn3)[nH]c2c1. The van der Waals surface area contributed by atoms with Crippen LogP contribution in [-0.2, 0) is 6.42 Å². The van der Waals surface area contributed by atoms with Gasteiger partial charge in [0.1, 0.15) is 23.4 Å². The Hall–Kier alpha value is -3.27. The Kier molecular flexibility index (Phi) is 5.00. The number of rotatable bonds is 7. The van der Waals surface area contributed by atoms with E-state index in [-0.39, 0.29) is 0 Å². The van der Waals surface area contributed by atoms with Gasteiger partial charge in [0.25, 0.3) is 0 Å². The molecule has 0 saturated carbocycles. The van der Waals surface area contributed by atoms with E-state index in [4.69, 9.17) is 14.7 Å². The lowest BCUT2D eigenvalue weighted by molar-refractivity contribution is 0.398. The molecule has 0 spiro atoms. The van der Waals surface area contributed by atoms with Gasteiger partial charge in [-0.2, -0.15) is 5.26 Å². The number of hydrogen-bond acceptors (Lipinski definition) is 6. The van der Waals surface area contributed by atoms with E-state index in [9.17, 15) is 0 Å². The summed E-state index contributed by atoms with van der Waals surface area (Å²) >= 11 is 0. The summed E-state index contributed by atoms with van der Waals surface area (Å²) in [5, 5.41) is 13.0. The summed E-state index contributed by atoms with van der Waals surface area (Å²) in [5.41, 5.74) is 2.44. The number of aromatic amines is 1. The quantitative estimate of drug-likeness (QED) is 0.644. The Morgan fingerprint density at radius 2 is 2.04 bits per heavy atom. The van der Waals surface area contributed by atoms with Crippen LogP contribution in [0.5, 0.6) is 11.5 Å². The van der Waals surface area contributed by atoms with Gasteiger partial charge in [0, 0.05) is 29.8 Å². The van der Waals surface area contributed by atoms with Crippen LogP contribution < -0.4 is 14.8 Å². The van der Waals surface area contributed by atoms with Crippen molar-refractivity contribution in [2.45, 2.75) is 12.8 Å². The molecule has 0 aliphatic heterocycles. The van der Waals surface area contributed by atoms with Crippen molar-refractivity contribution in [1.82, 2.24) is 15.0 Å². The van der Waals surface area contributed by atoms with E-state index in [1.54, 1.807) is 20.4 Å². The number of ether oxygens (including phenoxy) is 2. The lowest BCUT2D eigenvalue weighted by Crippen LogP contribution is -2.05. The molecule has 2 aromatic heterocycles. The minimum Gasteiger partial charge on any atom is -0.497 e. The molecule has 7 heteroatoms. The van der Waals surface area contributed by atoms with E-state index in [0.717, 1.165) is 47.5 Å². The molecule has 0 saturated heterocycles. The number of methoxy groups -OCH3 is 2. The van der Waals surface area contributed by atoms with Crippen LogP contribution in [0.4, 0.5) is 5.82 Å². The number of aromatic nitrogens is 3. The molecule has 0 aliphatic carbocycles. The van der Waals surface area contributed by atoms with Crippen LogP contribution in [0.15, 0.2) is 30.6 Å². The van der Waals surface area contributed by atoms with E-state index >= 15 is 0 Å². The molecular weight excluding hydrogens is 318 g/mol. The van der Waals surface area contributed by atoms with E-state index in [2.05, 4.69) is 26.3 Å². The molecule has 0 unspecified atom stereocenters. The van der Waals surface area contributed by atoms with Crippen LogP contribution in [0.2, 0.25) is 0 Å². The lowest BCUT2D eigenvalue weighted by Gasteiger charge is -2.04. The molecule has 7 nitrogen and oxygen atoms in total. The first-order valence-electron chi connectivity index (χ1n) is 7.93. The Labute approximate surface area is 145 Å². The maximum absolute atomic E-state index is 8.71. The summed E-state index contributed by atoms with van der Waals surface area (Å²) in [6, 6.07) is 7.90. The molecule has 128 valence electrons. The van der Waals surface area contributed by atoms with Crippen molar-refractivity contribution < 1.29 is 9.47 Å². The third kappa shape index (κ3) is 3.80. The third-order valence-corrected chi connectivity index (χ3v) is 3.88. The molecule has 3 rings (SSSR count). The Bertz CT molecular complexity index is 896. The number of benzene rings is 1. The van der Waals surface area contributed by atoms with Crippen LogP contribution >= 0.6 is 0 Å². The smallest absolute Gasteiger partial charge is 0.158 e. The fourth-order valence-electron chi connectivity index (χ4n) is 2.63. The number of nitrogens with one attached hydrogen (secondary N) is 2. The summed E-state index contributed by atoms with van der Waals surface area (Å²) in [6.45, 7) is 0.760. The van der Waals surface area contributed by atoms with Gasteiger partial charge in [-0.1, -0.05) is 0 Å². The van der Waals surface area contributed by atoms with Crippen LogP contribution in [0.1, 0.15) is 17.8 Å². The average molecular weight is 337 g/mol. The number of fused-ring (bicyclic) bond motifs is 1. The zero-order valence-electron chi connectivity index (χ0n) is 14.2. The van der Waals surface area contributed by atoms with Crippen molar-refractivity contribution in [2.75, 3.05) is 26.1 Å². The molecule has 0 bridgehead atoms. The second-order valence-corrected chi connectivity index (χ2v) is 5.51. The van der Waals surface area contributed by atoms with E-state index < -0.39 is 0 Å². The first-order valence-corrected chi connectivity index (χ1v) is 7.93. The van der Waals surface area contributed by atoms with Gasteiger partial charge in [-0.15, -0.1) is 0 Å². The van der Waals surface area contributed by atoms with Gasteiger partial charge in [0.15, 0.2) is 5.69 Å². The minimum absolute atomic E-state index is 0.313. The molecule has 0 amide bonds. The number of nitrogens with zero attached hydrogens (tertiary/aromatic N) is 3. The number of H-pyrrole nitrogens is 1. The van der Waals surface area contributed by atoms with Crippen molar-refractivity contribution in [3.05, 3.63) is 42.0 Å². The highest BCUT2D eigenvalue weighted by Gasteiger charge is 2.09. The van der Waals surface area contributed by atoms with Gasteiger partial charge < -0.3 is 19.8 Å². The fraction of sp³-hybridized carbons (Fsp3) is 0.278. The highest BCUT2D eigenvalue weighted by atomic mass is 16.5. The summed E-state index contributed by atoms with van der Waals surface area (Å²) in [7, 11) is 3.30. The summed E-state index contributed by atoms with van der Waals surface area (Å²) in [4.78, 5) is 11.5. The lowest BCUT2D eigenvalue weighted by atomic mass is 10.2. The average Bonchev–Trinajstić information content (AvgIpc) is 3.07. The summed E-state index contributed by atoms with van der Waals surface area (Å²) < 4.78 is 10.7. The van der Waals surface area contributed by atoms with Crippen molar-refractivity contribution in [3.63, 3.8) is 0 Å². The van der Waals surface area contributed by atoms with Crippen LogP contribution in [0.3, 0.4) is 0 Å². The van der Waals surface area contributed by atoms with Gasteiger partial charge in [0.2, 0.25) is 0 Å². The van der Waals surface area contributed by atoms with Crippen molar-refractivity contribution >= 4 is 16.7 Å². The fourth-order valence-corrected chi connectivity index (χ4v) is 2.63.